The van der Waals surface area contributed by atoms with Crippen LogP contribution in [0.3, 0.4) is 0 Å². The van der Waals surface area contributed by atoms with Gasteiger partial charge in [-0.05, 0) is 43.7 Å². The van der Waals surface area contributed by atoms with Crippen molar-refractivity contribution in [2.75, 3.05) is 23.4 Å². The second kappa shape index (κ2) is 9.25. The topological polar surface area (TPSA) is 58.6 Å². The van der Waals surface area contributed by atoms with E-state index in [1.807, 2.05) is 32.0 Å². The quantitative estimate of drug-likeness (QED) is 0.779. The predicted molar refractivity (Wildman–Crippen MR) is 105 cm³/mol. The zero-order chi connectivity index (χ0) is 19.1. The van der Waals surface area contributed by atoms with Crippen LogP contribution in [-0.2, 0) is 9.59 Å². The lowest BCUT2D eigenvalue weighted by atomic mass is 10.1. The standard InChI is InChI=1S/C20H23ClN2O3/c1-4-26-19-8-6-5-7-17(19)22-20(25)11-12-23(15(3)24)18-13-16(21)10-9-14(18)2/h5-10,13H,4,11-12H2,1-3H3,(H,22,25). The molecule has 2 aromatic rings. The number of hydrogen-bond acceptors (Lipinski definition) is 3. The van der Waals surface area contributed by atoms with E-state index in [4.69, 9.17) is 16.3 Å². The van der Waals surface area contributed by atoms with E-state index < -0.39 is 0 Å². The smallest absolute Gasteiger partial charge is 0.226 e. The number of rotatable bonds is 7. The van der Waals surface area contributed by atoms with E-state index in [2.05, 4.69) is 5.32 Å². The van der Waals surface area contributed by atoms with Gasteiger partial charge in [-0.2, -0.15) is 0 Å². The van der Waals surface area contributed by atoms with Crippen molar-refractivity contribution in [1.29, 1.82) is 0 Å². The molecule has 2 rings (SSSR count). The van der Waals surface area contributed by atoms with Gasteiger partial charge in [-0.3, -0.25) is 9.59 Å². The molecule has 0 unspecified atom stereocenters. The number of ether oxygens (including phenoxy) is 1. The number of carbonyl (C=O) groups excluding carboxylic acids is 2. The number of amides is 2. The molecule has 0 spiro atoms. The Morgan fingerprint density at radius 1 is 1.19 bits per heavy atom. The van der Waals surface area contributed by atoms with Crippen LogP contribution >= 0.6 is 11.6 Å². The highest BCUT2D eigenvalue weighted by Gasteiger charge is 2.16. The molecule has 0 saturated carbocycles. The van der Waals surface area contributed by atoms with Crippen LogP contribution in [0.2, 0.25) is 5.02 Å². The van der Waals surface area contributed by atoms with Crippen molar-refractivity contribution in [2.45, 2.75) is 27.2 Å². The van der Waals surface area contributed by atoms with Gasteiger partial charge in [0.15, 0.2) is 0 Å². The van der Waals surface area contributed by atoms with Crippen LogP contribution in [0.4, 0.5) is 11.4 Å². The van der Waals surface area contributed by atoms with Crippen molar-refractivity contribution in [3.05, 3.63) is 53.1 Å². The Balaban J connectivity index is 2.07. The summed E-state index contributed by atoms with van der Waals surface area (Å²) in [6.45, 7) is 6.04. The van der Waals surface area contributed by atoms with E-state index in [0.717, 1.165) is 5.56 Å². The summed E-state index contributed by atoms with van der Waals surface area (Å²) in [6, 6.07) is 12.6. The summed E-state index contributed by atoms with van der Waals surface area (Å²) in [4.78, 5) is 26.0. The molecular weight excluding hydrogens is 352 g/mol. The average molecular weight is 375 g/mol. The van der Waals surface area contributed by atoms with Crippen LogP contribution in [0.25, 0.3) is 0 Å². The largest absolute Gasteiger partial charge is 0.492 e. The number of nitrogens with one attached hydrogen (secondary N) is 1. The lowest BCUT2D eigenvalue weighted by Crippen LogP contribution is -2.32. The molecule has 1 N–H and O–H groups in total. The van der Waals surface area contributed by atoms with Gasteiger partial charge < -0.3 is 15.0 Å². The van der Waals surface area contributed by atoms with E-state index in [1.165, 1.54) is 6.92 Å². The fraction of sp³-hybridized carbons (Fsp3) is 0.300. The van der Waals surface area contributed by atoms with Gasteiger partial charge in [-0.25, -0.2) is 0 Å². The first-order valence-corrected chi connectivity index (χ1v) is 8.86. The maximum atomic E-state index is 12.3. The van der Waals surface area contributed by atoms with Crippen molar-refractivity contribution < 1.29 is 14.3 Å². The zero-order valence-electron chi connectivity index (χ0n) is 15.2. The Hall–Kier alpha value is -2.53. The minimum absolute atomic E-state index is 0.141. The van der Waals surface area contributed by atoms with Crippen LogP contribution in [0.15, 0.2) is 42.5 Å². The summed E-state index contributed by atoms with van der Waals surface area (Å²) in [5, 5.41) is 3.39. The zero-order valence-corrected chi connectivity index (χ0v) is 16.0. The van der Waals surface area contributed by atoms with E-state index >= 15 is 0 Å². The summed E-state index contributed by atoms with van der Waals surface area (Å²) in [6.07, 6.45) is 0.159. The Bertz CT molecular complexity index is 792. The Morgan fingerprint density at radius 2 is 1.92 bits per heavy atom. The van der Waals surface area contributed by atoms with E-state index in [-0.39, 0.29) is 24.8 Å². The molecule has 2 aromatic carbocycles. The highest BCUT2D eigenvalue weighted by molar-refractivity contribution is 6.31. The number of para-hydroxylation sites is 2. The third-order valence-electron chi connectivity index (χ3n) is 3.87. The maximum absolute atomic E-state index is 12.3. The number of anilines is 2. The molecule has 0 radical (unpaired) electrons. The highest BCUT2D eigenvalue weighted by Crippen LogP contribution is 2.26. The number of benzene rings is 2. The fourth-order valence-corrected chi connectivity index (χ4v) is 2.76. The second-order valence-corrected chi connectivity index (χ2v) is 6.27. The highest BCUT2D eigenvalue weighted by atomic mass is 35.5. The van der Waals surface area contributed by atoms with Gasteiger partial charge in [0.1, 0.15) is 5.75 Å². The van der Waals surface area contributed by atoms with E-state index in [1.54, 1.807) is 29.2 Å². The first kappa shape index (κ1) is 19.8. The van der Waals surface area contributed by atoms with Crippen molar-refractivity contribution in [1.82, 2.24) is 0 Å². The van der Waals surface area contributed by atoms with Gasteiger partial charge in [-0.1, -0.05) is 29.8 Å². The summed E-state index contributed by atoms with van der Waals surface area (Å²) >= 11 is 6.05. The number of aryl methyl sites for hydroxylation is 1. The summed E-state index contributed by atoms with van der Waals surface area (Å²) < 4.78 is 5.51. The number of carbonyl (C=O) groups is 2. The van der Waals surface area contributed by atoms with Crippen LogP contribution in [-0.4, -0.2) is 25.0 Å². The van der Waals surface area contributed by atoms with Gasteiger partial charge in [0, 0.05) is 30.6 Å². The molecule has 0 aromatic heterocycles. The van der Waals surface area contributed by atoms with Crippen molar-refractivity contribution >= 4 is 34.8 Å². The molecule has 0 aliphatic heterocycles. The molecule has 138 valence electrons. The first-order valence-electron chi connectivity index (χ1n) is 8.48. The fourth-order valence-electron chi connectivity index (χ4n) is 2.60. The number of halogens is 1. The number of hydrogen-bond donors (Lipinski definition) is 1. The Labute approximate surface area is 158 Å². The lowest BCUT2D eigenvalue weighted by Gasteiger charge is -2.23. The molecule has 0 aliphatic carbocycles. The number of nitrogens with zero attached hydrogens (tertiary/aromatic N) is 1. The van der Waals surface area contributed by atoms with Gasteiger partial charge in [0.25, 0.3) is 0 Å². The SMILES string of the molecule is CCOc1ccccc1NC(=O)CCN(C(C)=O)c1cc(Cl)ccc1C. The molecule has 0 fully saturated rings. The molecular formula is C20H23ClN2O3. The molecule has 26 heavy (non-hydrogen) atoms. The average Bonchev–Trinajstić information content (AvgIpc) is 2.59. The monoisotopic (exact) mass is 374 g/mol. The minimum atomic E-state index is -0.192. The van der Waals surface area contributed by atoms with Crippen molar-refractivity contribution in [2.24, 2.45) is 0 Å². The van der Waals surface area contributed by atoms with Crippen molar-refractivity contribution in [3.8, 4) is 5.75 Å². The van der Waals surface area contributed by atoms with Crippen LogP contribution in [0.1, 0.15) is 25.8 Å². The van der Waals surface area contributed by atoms with Crippen molar-refractivity contribution in [3.63, 3.8) is 0 Å². The summed E-state index contributed by atoms with van der Waals surface area (Å²) in [5.74, 6) is 0.290. The van der Waals surface area contributed by atoms with Gasteiger partial charge >= 0.3 is 0 Å². The second-order valence-electron chi connectivity index (χ2n) is 5.83. The van der Waals surface area contributed by atoms with Crippen LogP contribution in [0, 0.1) is 6.92 Å². The molecule has 0 atom stereocenters. The van der Waals surface area contributed by atoms with Gasteiger partial charge in [-0.15, -0.1) is 0 Å². The third kappa shape index (κ3) is 5.23. The molecule has 0 saturated heterocycles. The normalized spacial score (nSPS) is 10.3. The minimum Gasteiger partial charge on any atom is -0.492 e. The van der Waals surface area contributed by atoms with Gasteiger partial charge in [0.05, 0.1) is 12.3 Å². The molecule has 5 nitrogen and oxygen atoms in total. The van der Waals surface area contributed by atoms with Crippen LogP contribution < -0.4 is 15.0 Å². The predicted octanol–water partition coefficient (Wildman–Crippen LogP) is 4.43. The van der Waals surface area contributed by atoms with Crippen LogP contribution in [0.5, 0.6) is 5.75 Å². The molecule has 0 aliphatic rings. The molecule has 2 amide bonds. The molecule has 0 heterocycles. The van der Waals surface area contributed by atoms with E-state index in [9.17, 15) is 9.59 Å². The molecule has 0 bridgehead atoms. The lowest BCUT2D eigenvalue weighted by molar-refractivity contribution is -0.117. The summed E-state index contributed by atoms with van der Waals surface area (Å²) in [7, 11) is 0. The first-order chi connectivity index (χ1) is 12.4. The molecule has 6 heteroatoms. The third-order valence-corrected chi connectivity index (χ3v) is 4.10. The maximum Gasteiger partial charge on any atom is 0.226 e. The van der Waals surface area contributed by atoms with Gasteiger partial charge in [0.2, 0.25) is 11.8 Å². The Kier molecular flexibility index (Phi) is 7.04. The summed E-state index contributed by atoms with van der Waals surface area (Å²) in [5.41, 5.74) is 2.26. The Morgan fingerprint density at radius 3 is 2.62 bits per heavy atom. The van der Waals surface area contributed by atoms with E-state index in [0.29, 0.717) is 28.8 Å².